The molecule has 0 radical (unpaired) electrons. The van der Waals surface area contributed by atoms with Crippen molar-refractivity contribution in [3.63, 3.8) is 0 Å². The molecule has 2 heterocycles. The third-order valence-electron chi connectivity index (χ3n) is 6.29. The zero-order valence-corrected chi connectivity index (χ0v) is 18.4. The smallest absolute Gasteiger partial charge is 0.186 e. The molecule has 0 saturated carbocycles. The highest BCUT2D eigenvalue weighted by Crippen LogP contribution is 2.36. The van der Waals surface area contributed by atoms with Gasteiger partial charge in [0.25, 0.3) is 0 Å². The molecule has 2 aliphatic rings. The Morgan fingerprint density at radius 3 is 2.47 bits per heavy atom. The van der Waals surface area contributed by atoms with E-state index in [1.807, 2.05) is 0 Å². The van der Waals surface area contributed by atoms with Crippen molar-refractivity contribution in [2.24, 2.45) is 11.3 Å². The summed E-state index contributed by atoms with van der Waals surface area (Å²) in [5.41, 5.74) is -0.858. The average Bonchev–Trinajstić information content (AvgIpc) is 3.02. The predicted octanol–water partition coefficient (Wildman–Crippen LogP) is 0.150. The summed E-state index contributed by atoms with van der Waals surface area (Å²) >= 11 is 0. The van der Waals surface area contributed by atoms with Gasteiger partial charge in [-0.3, -0.25) is 0 Å². The normalized spacial score (nSPS) is 40.6. The van der Waals surface area contributed by atoms with Crippen LogP contribution in [0.1, 0.15) is 52.9 Å². The van der Waals surface area contributed by atoms with Gasteiger partial charge in [-0.2, -0.15) is 0 Å². The zero-order chi connectivity index (χ0) is 22.3. The van der Waals surface area contributed by atoms with Crippen molar-refractivity contribution in [3.8, 4) is 0 Å². The van der Waals surface area contributed by atoms with Gasteiger partial charge in [0.2, 0.25) is 0 Å². The molecule has 2 rings (SSSR count). The topological polar surface area (TPSA) is 138 Å². The Balaban J connectivity index is 1.97. The summed E-state index contributed by atoms with van der Waals surface area (Å²) in [6.07, 6.45) is -2.00. The summed E-state index contributed by atoms with van der Waals surface area (Å²) in [6, 6.07) is 0. The maximum atomic E-state index is 10.8. The Bertz CT molecular complexity index is 493. The molecule has 2 fully saturated rings. The fourth-order valence-electron chi connectivity index (χ4n) is 3.82. The van der Waals surface area contributed by atoms with Crippen LogP contribution in [-0.2, 0) is 18.9 Å². The van der Waals surface area contributed by atoms with Gasteiger partial charge in [-0.15, -0.1) is 0 Å². The van der Waals surface area contributed by atoms with Crippen molar-refractivity contribution in [1.82, 2.24) is 0 Å². The van der Waals surface area contributed by atoms with E-state index in [1.165, 1.54) is 0 Å². The van der Waals surface area contributed by atoms with Crippen LogP contribution in [0.3, 0.4) is 0 Å². The van der Waals surface area contributed by atoms with Gasteiger partial charge >= 0.3 is 0 Å². The first-order chi connectivity index (χ1) is 14.3. The molecular weight excluding hydrogens is 396 g/mol. The molecular formula is C21H40O9. The molecule has 0 spiro atoms. The maximum Gasteiger partial charge on any atom is 0.186 e. The van der Waals surface area contributed by atoms with E-state index in [1.54, 1.807) is 13.8 Å². The van der Waals surface area contributed by atoms with E-state index in [9.17, 15) is 25.5 Å². The van der Waals surface area contributed by atoms with E-state index >= 15 is 0 Å². The first-order valence-electron chi connectivity index (χ1n) is 11.1. The van der Waals surface area contributed by atoms with Crippen LogP contribution in [0.15, 0.2) is 0 Å². The number of hydrogen-bond acceptors (Lipinski definition) is 9. The van der Waals surface area contributed by atoms with E-state index in [0.717, 1.165) is 19.3 Å². The Kier molecular flexibility index (Phi) is 10.4. The van der Waals surface area contributed by atoms with Crippen LogP contribution in [0.5, 0.6) is 0 Å². The van der Waals surface area contributed by atoms with Crippen molar-refractivity contribution in [1.29, 1.82) is 0 Å². The molecule has 2 aliphatic heterocycles. The largest absolute Gasteiger partial charge is 0.396 e. The van der Waals surface area contributed by atoms with Crippen LogP contribution in [0.2, 0.25) is 0 Å². The van der Waals surface area contributed by atoms with Gasteiger partial charge in [0.1, 0.15) is 12.2 Å². The minimum Gasteiger partial charge on any atom is -0.396 e. The van der Waals surface area contributed by atoms with Crippen LogP contribution < -0.4 is 0 Å². The quantitative estimate of drug-likeness (QED) is 0.271. The van der Waals surface area contributed by atoms with E-state index in [2.05, 4.69) is 6.92 Å². The summed E-state index contributed by atoms with van der Waals surface area (Å²) < 4.78 is 23.0. The number of hydrogen-bond donors (Lipinski definition) is 5. The van der Waals surface area contributed by atoms with Crippen LogP contribution in [0.4, 0.5) is 0 Å². The lowest BCUT2D eigenvalue weighted by Crippen LogP contribution is -2.58. The SMILES string of the molecule is CCCCCC(O)CCOC1OC(CO)C(C)C(O)C1OC1OCC(C)(CO)C1O. The van der Waals surface area contributed by atoms with Gasteiger partial charge in [0.15, 0.2) is 12.6 Å². The number of aliphatic hydroxyl groups is 5. The summed E-state index contributed by atoms with van der Waals surface area (Å²) in [4.78, 5) is 0. The Labute approximate surface area is 178 Å². The highest BCUT2D eigenvalue weighted by atomic mass is 16.7. The molecule has 0 aliphatic carbocycles. The van der Waals surface area contributed by atoms with Gasteiger partial charge in [-0.1, -0.05) is 40.0 Å². The molecule has 0 bridgehead atoms. The molecule has 9 heteroatoms. The van der Waals surface area contributed by atoms with Gasteiger partial charge < -0.3 is 44.5 Å². The second-order valence-electron chi connectivity index (χ2n) is 8.92. The number of ether oxygens (including phenoxy) is 4. The summed E-state index contributed by atoms with van der Waals surface area (Å²) in [5.74, 6) is -0.428. The van der Waals surface area contributed by atoms with Crippen molar-refractivity contribution >= 4 is 0 Å². The Hall–Kier alpha value is -0.360. The third-order valence-corrected chi connectivity index (χ3v) is 6.29. The molecule has 178 valence electrons. The van der Waals surface area contributed by atoms with Gasteiger partial charge in [0.05, 0.1) is 44.7 Å². The summed E-state index contributed by atoms with van der Waals surface area (Å²) in [6.45, 7) is 5.29. The molecule has 0 aromatic carbocycles. The molecule has 0 aromatic rings. The number of unbranched alkanes of at least 4 members (excludes halogenated alkanes) is 2. The van der Waals surface area contributed by atoms with Crippen LogP contribution in [0.25, 0.3) is 0 Å². The summed E-state index contributed by atoms with van der Waals surface area (Å²) in [7, 11) is 0. The minimum absolute atomic E-state index is 0.114. The molecule has 30 heavy (non-hydrogen) atoms. The number of aliphatic hydroxyl groups excluding tert-OH is 5. The standard InChI is InChI=1S/C21H40O9/c1-4-5-6-7-14(24)8-9-27-19-17(16(25)13(2)15(10-22)29-19)30-20-18(26)21(3,11-23)12-28-20/h13-20,22-26H,4-12H2,1-3H3. The molecule has 9 nitrogen and oxygen atoms in total. The lowest BCUT2D eigenvalue weighted by molar-refractivity contribution is -0.327. The molecule has 9 atom stereocenters. The van der Waals surface area contributed by atoms with Gasteiger partial charge in [-0.25, -0.2) is 0 Å². The fraction of sp³-hybridized carbons (Fsp3) is 1.00. The lowest BCUT2D eigenvalue weighted by Gasteiger charge is -2.43. The third kappa shape index (κ3) is 6.34. The minimum atomic E-state index is -1.08. The van der Waals surface area contributed by atoms with Crippen LogP contribution in [0, 0.1) is 11.3 Å². The number of rotatable bonds is 12. The maximum absolute atomic E-state index is 10.8. The predicted molar refractivity (Wildman–Crippen MR) is 107 cm³/mol. The Morgan fingerprint density at radius 1 is 1.13 bits per heavy atom. The lowest BCUT2D eigenvalue weighted by atomic mass is 9.87. The Morgan fingerprint density at radius 2 is 1.87 bits per heavy atom. The second-order valence-corrected chi connectivity index (χ2v) is 8.92. The van der Waals surface area contributed by atoms with Crippen LogP contribution >= 0.6 is 0 Å². The van der Waals surface area contributed by atoms with Gasteiger partial charge in [0, 0.05) is 11.3 Å². The van der Waals surface area contributed by atoms with Crippen molar-refractivity contribution in [3.05, 3.63) is 0 Å². The van der Waals surface area contributed by atoms with Crippen molar-refractivity contribution in [2.45, 2.75) is 96.0 Å². The van der Waals surface area contributed by atoms with E-state index in [0.29, 0.717) is 12.8 Å². The molecule has 9 unspecified atom stereocenters. The van der Waals surface area contributed by atoms with Crippen molar-refractivity contribution in [2.75, 3.05) is 26.4 Å². The zero-order valence-electron chi connectivity index (χ0n) is 18.4. The second kappa shape index (κ2) is 12.0. The highest BCUT2D eigenvalue weighted by molar-refractivity contribution is 4.93. The van der Waals surface area contributed by atoms with Crippen LogP contribution in [-0.4, -0.2) is 95.1 Å². The van der Waals surface area contributed by atoms with E-state index < -0.39 is 54.4 Å². The molecule has 2 saturated heterocycles. The van der Waals surface area contributed by atoms with E-state index in [4.69, 9.17) is 18.9 Å². The van der Waals surface area contributed by atoms with Crippen molar-refractivity contribution < 1.29 is 44.5 Å². The summed E-state index contributed by atoms with van der Waals surface area (Å²) in [5, 5.41) is 50.4. The van der Waals surface area contributed by atoms with Gasteiger partial charge in [-0.05, 0) is 12.8 Å². The first-order valence-corrected chi connectivity index (χ1v) is 11.1. The van der Waals surface area contributed by atoms with E-state index in [-0.39, 0.29) is 26.4 Å². The molecule has 0 amide bonds. The monoisotopic (exact) mass is 436 g/mol. The molecule has 5 N–H and O–H groups in total. The average molecular weight is 437 g/mol. The molecule has 0 aromatic heterocycles. The highest BCUT2D eigenvalue weighted by Gasteiger charge is 2.51. The first kappa shape index (κ1) is 25.9. The fourth-order valence-corrected chi connectivity index (χ4v) is 3.82.